The number of nitrogens with one attached hydrogen (secondary N) is 1. The quantitative estimate of drug-likeness (QED) is 0.909. The van der Waals surface area contributed by atoms with Gasteiger partial charge in [0.25, 0.3) is 0 Å². The van der Waals surface area contributed by atoms with Crippen molar-refractivity contribution < 1.29 is 0 Å². The van der Waals surface area contributed by atoms with Crippen molar-refractivity contribution in [2.24, 2.45) is 5.73 Å². The first kappa shape index (κ1) is 15.5. The predicted molar refractivity (Wildman–Crippen MR) is 73.0 cm³/mol. The normalized spacial score (nSPS) is 9.62. The Labute approximate surface area is 112 Å². The molecule has 2 rings (SSSR count). The lowest BCUT2D eigenvalue weighted by Gasteiger charge is -1.91. The number of aromatic amines is 1. The van der Waals surface area contributed by atoms with Gasteiger partial charge in [0.15, 0.2) is 0 Å². The first-order chi connectivity index (χ1) is 6.79. The second kappa shape index (κ2) is 6.97. The van der Waals surface area contributed by atoms with Crippen LogP contribution < -0.4 is 5.73 Å². The number of aryl methyl sites for hydroxylation is 1. The van der Waals surface area contributed by atoms with Gasteiger partial charge in [-0.3, -0.25) is 0 Å². The summed E-state index contributed by atoms with van der Waals surface area (Å²) in [5.41, 5.74) is 7.38. The van der Waals surface area contributed by atoms with Crippen molar-refractivity contribution in [3.63, 3.8) is 0 Å². The predicted octanol–water partition coefficient (Wildman–Crippen LogP) is 2.95. The minimum Gasteiger partial charge on any atom is -0.342 e. The standard InChI is InChI=1S/C10H12ClN3.2ClH/c11-7-3-4-8-9(6-7)14-10(13-8)2-1-5-12;;/h3-4,6H,1-2,5,12H2,(H,13,14);2*1H. The van der Waals surface area contributed by atoms with Gasteiger partial charge in [0.1, 0.15) is 5.82 Å². The monoisotopic (exact) mass is 281 g/mol. The molecule has 3 nitrogen and oxygen atoms in total. The molecule has 16 heavy (non-hydrogen) atoms. The van der Waals surface area contributed by atoms with E-state index in [0.717, 1.165) is 34.7 Å². The van der Waals surface area contributed by atoms with E-state index in [2.05, 4.69) is 9.97 Å². The highest BCUT2D eigenvalue weighted by molar-refractivity contribution is 6.31. The third kappa shape index (κ3) is 3.52. The highest BCUT2D eigenvalue weighted by Gasteiger charge is 2.02. The molecule has 0 radical (unpaired) electrons. The first-order valence-corrected chi connectivity index (χ1v) is 5.01. The van der Waals surface area contributed by atoms with E-state index in [4.69, 9.17) is 17.3 Å². The molecule has 0 unspecified atom stereocenters. The van der Waals surface area contributed by atoms with E-state index in [1.165, 1.54) is 0 Å². The number of imidazole rings is 1. The Balaban J connectivity index is 0.00000112. The topological polar surface area (TPSA) is 54.7 Å². The van der Waals surface area contributed by atoms with E-state index in [9.17, 15) is 0 Å². The van der Waals surface area contributed by atoms with Gasteiger partial charge in [-0.2, -0.15) is 0 Å². The Kier molecular flexibility index (Phi) is 6.76. The molecule has 1 aromatic heterocycles. The van der Waals surface area contributed by atoms with E-state index < -0.39 is 0 Å². The second-order valence-corrected chi connectivity index (χ2v) is 3.67. The van der Waals surface area contributed by atoms with Gasteiger partial charge in [0.05, 0.1) is 11.0 Å². The van der Waals surface area contributed by atoms with E-state index in [1.54, 1.807) is 0 Å². The summed E-state index contributed by atoms with van der Waals surface area (Å²) in [6.45, 7) is 0.692. The minimum atomic E-state index is 0. The summed E-state index contributed by atoms with van der Waals surface area (Å²) >= 11 is 5.86. The number of nitrogens with two attached hydrogens (primary N) is 1. The van der Waals surface area contributed by atoms with Gasteiger partial charge in [0, 0.05) is 11.4 Å². The maximum atomic E-state index is 5.86. The molecule has 0 bridgehead atoms. The van der Waals surface area contributed by atoms with Crippen LogP contribution in [0.2, 0.25) is 5.02 Å². The van der Waals surface area contributed by atoms with Crippen LogP contribution in [0.1, 0.15) is 12.2 Å². The lowest BCUT2D eigenvalue weighted by Crippen LogP contribution is -2.01. The smallest absolute Gasteiger partial charge is 0.107 e. The Bertz CT molecular complexity index is 442. The molecule has 3 N–H and O–H groups in total. The van der Waals surface area contributed by atoms with Crippen molar-refractivity contribution in [3.05, 3.63) is 29.0 Å². The summed E-state index contributed by atoms with van der Waals surface area (Å²) in [7, 11) is 0. The number of rotatable bonds is 3. The number of H-pyrrole nitrogens is 1. The van der Waals surface area contributed by atoms with Crippen molar-refractivity contribution >= 4 is 47.4 Å². The number of nitrogens with zero attached hydrogens (tertiary/aromatic N) is 1. The van der Waals surface area contributed by atoms with Crippen molar-refractivity contribution in [3.8, 4) is 0 Å². The summed E-state index contributed by atoms with van der Waals surface area (Å²) in [5.74, 6) is 0.979. The fraction of sp³-hybridized carbons (Fsp3) is 0.300. The summed E-state index contributed by atoms with van der Waals surface area (Å²) in [6.07, 6.45) is 1.84. The van der Waals surface area contributed by atoms with Crippen molar-refractivity contribution in [2.45, 2.75) is 12.8 Å². The SMILES string of the molecule is Cl.Cl.NCCCc1nc2ccc(Cl)cc2[nH]1. The van der Waals surface area contributed by atoms with Gasteiger partial charge >= 0.3 is 0 Å². The molecule has 0 saturated carbocycles. The molecule has 1 heterocycles. The molecular formula is C10H14Cl3N3. The Morgan fingerprint density at radius 1 is 1.31 bits per heavy atom. The highest BCUT2D eigenvalue weighted by Crippen LogP contribution is 2.17. The molecule has 0 aliphatic heterocycles. The van der Waals surface area contributed by atoms with Gasteiger partial charge in [0.2, 0.25) is 0 Å². The van der Waals surface area contributed by atoms with Crippen LogP contribution in [0.5, 0.6) is 0 Å². The zero-order valence-electron chi connectivity index (χ0n) is 8.57. The fourth-order valence-electron chi connectivity index (χ4n) is 1.42. The molecule has 6 heteroatoms. The van der Waals surface area contributed by atoms with E-state index >= 15 is 0 Å². The van der Waals surface area contributed by atoms with Crippen LogP contribution >= 0.6 is 36.4 Å². The van der Waals surface area contributed by atoms with E-state index in [1.807, 2.05) is 18.2 Å². The number of hydrogen-bond donors (Lipinski definition) is 2. The van der Waals surface area contributed by atoms with Gasteiger partial charge in [-0.15, -0.1) is 24.8 Å². The zero-order valence-corrected chi connectivity index (χ0v) is 11.0. The van der Waals surface area contributed by atoms with Crippen LogP contribution in [0.15, 0.2) is 18.2 Å². The van der Waals surface area contributed by atoms with Crippen molar-refractivity contribution in [1.29, 1.82) is 0 Å². The Hall–Kier alpha value is -0.480. The molecule has 0 amide bonds. The molecule has 0 aliphatic carbocycles. The van der Waals surface area contributed by atoms with Crippen molar-refractivity contribution in [2.75, 3.05) is 6.54 Å². The zero-order chi connectivity index (χ0) is 9.97. The Morgan fingerprint density at radius 2 is 2.06 bits per heavy atom. The van der Waals surface area contributed by atoms with Crippen LogP contribution in [0, 0.1) is 0 Å². The minimum absolute atomic E-state index is 0. The average Bonchev–Trinajstić information content (AvgIpc) is 2.56. The third-order valence-corrected chi connectivity index (χ3v) is 2.35. The molecule has 0 spiro atoms. The molecule has 1 aromatic carbocycles. The molecule has 0 atom stereocenters. The number of hydrogen-bond acceptors (Lipinski definition) is 2. The van der Waals surface area contributed by atoms with Gasteiger partial charge in [-0.25, -0.2) is 4.98 Å². The maximum Gasteiger partial charge on any atom is 0.107 e. The summed E-state index contributed by atoms with van der Waals surface area (Å²) in [5, 5.41) is 0.728. The van der Waals surface area contributed by atoms with Gasteiger partial charge in [-0.1, -0.05) is 11.6 Å². The van der Waals surface area contributed by atoms with Crippen LogP contribution in [0.25, 0.3) is 11.0 Å². The van der Waals surface area contributed by atoms with E-state index in [-0.39, 0.29) is 24.8 Å². The maximum absolute atomic E-state index is 5.86. The number of fused-ring (bicyclic) bond motifs is 1. The fourth-order valence-corrected chi connectivity index (χ4v) is 1.59. The van der Waals surface area contributed by atoms with Crippen LogP contribution in [0.3, 0.4) is 0 Å². The average molecular weight is 283 g/mol. The molecule has 90 valence electrons. The Morgan fingerprint density at radius 3 is 2.75 bits per heavy atom. The molecule has 0 fully saturated rings. The lowest BCUT2D eigenvalue weighted by molar-refractivity contribution is 0.796. The van der Waals surface area contributed by atoms with Crippen LogP contribution in [-0.4, -0.2) is 16.5 Å². The molecule has 0 saturated heterocycles. The second-order valence-electron chi connectivity index (χ2n) is 3.24. The summed E-state index contributed by atoms with van der Waals surface area (Å²) in [4.78, 5) is 7.64. The highest BCUT2D eigenvalue weighted by atomic mass is 35.5. The number of aromatic nitrogens is 2. The van der Waals surface area contributed by atoms with Gasteiger partial charge < -0.3 is 10.7 Å². The first-order valence-electron chi connectivity index (χ1n) is 4.64. The lowest BCUT2D eigenvalue weighted by atomic mass is 10.3. The largest absolute Gasteiger partial charge is 0.342 e. The summed E-state index contributed by atoms with van der Waals surface area (Å²) in [6, 6.07) is 5.65. The van der Waals surface area contributed by atoms with E-state index in [0.29, 0.717) is 6.54 Å². The van der Waals surface area contributed by atoms with Crippen LogP contribution in [0.4, 0.5) is 0 Å². The van der Waals surface area contributed by atoms with Crippen LogP contribution in [-0.2, 0) is 6.42 Å². The number of benzene rings is 1. The van der Waals surface area contributed by atoms with Crippen molar-refractivity contribution in [1.82, 2.24) is 9.97 Å². The molecular weight excluding hydrogens is 268 g/mol. The van der Waals surface area contributed by atoms with Gasteiger partial charge in [-0.05, 0) is 31.2 Å². The molecule has 0 aliphatic rings. The number of halogens is 3. The molecule has 2 aromatic rings. The summed E-state index contributed by atoms with van der Waals surface area (Å²) < 4.78 is 0. The third-order valence-electron chi connectivity index (χ3n) is 2.11.